The van der Waals surface area contributed by atoms with Crippen LogP contribution >= 0.6 is 12.2 Å². The molecule has 0 unspecified atom stereocenters. The molecule has 0 aliphatic rings. The summed E-state index contributed by atoms with van der Waals surface area (Å²) in [6, 6.07) is 21.5. The standard InChI is InChI=1S/C28H27N3O4S/c1-4-18(3)34-22-10-7-9-20(15-22)26(32)31-28(36)29-21-12-13-23(17(2)14-21)30-27(33)25-16-19-8-5-6-11-24(19)35-25/h5-16,18H,4H2,1-3H3,(H,30,33)(H2,29,31,32,36)/t18-/m0/s1. The molecule has 0 spiro atoms. The van der Waals surface area contributed by atoms with Gasteiger partial charge in [0.25, 0.3) is 11.8 Å². The molecule has 0 aliphatic carbocycles. The van der Waals surface area contributed by atoms with Crippen molar-refractivity contribution in [3.05, 3.63) is 89.7 Å². The van der Waals surface area contributed by atoms with E-state index < -0.39 is 0 Å². The third-order valence-corrected chi connectivity index (χ3v) is 5.82. The van der Waals surface area contributed by atoms with Crippen LogP contribution in [0.4, 0.5) is 11.4 Å². The molecular weight excluding hydrogens is 474 g/mol. The van der Waals surface area contributed by atoms with Gasteiger partial charge in [0, 0.05) is 22.3 Å². The van der Waals surface area contributed by atoms with Gasteiger partial charge in [0.05, 0.1) is 6.10 Å². The molecule has 36 heavy (non-hydrogen) atoms. The fourth-order valence-corrected chi connectivity index (χ4v) is 3.73. The molecule has 8 heteroatoms. The molecule has 1 atom stereocenters. The van der Waals surface area contributed by atoms with Crippen LogP contribution in [0.25, 0.3) is 11.0 Å². The van der Waals surface area contributed by atoms with Crippen LogP contribution in [0.5, 0.6) is 5.75 Å². The number of rotatable bonds is 7. The maximum absolute atomic E-state index is 12.7. The average Bonchev–Trinajstić information content (AvgIpc) is 3.30. The lowest BCUT2D eigenvalue weighted by Crippen LogP contribution is -2.34. The summed E-state index contributed by atoms with van der Waals surface area (Å²) in [7, 11) is 0. The summed E-state index contributed by atoms with van der Waals surface area (Å²) in [5, 5.41) is 9.58. The van der Waals surface area contributed by atoms with Gasteiger partial charge in [-0.1, -0.05) is 31.2 Å². The minimum absolute atomic E-state index is 0.0563. The zero-order chi connectivity index (χ0) is 25.7. The minimum atomic E-state index is -0.339. The summed E-state index contributed by atoms with van der Waals surface area (Å²) in [6.45, 7) is 5.88. The monoisotopic (exact) mass is 501 g/mol. The van der Waals surface area contributed by atoms with Gasteiger partial charge in [-0.25, -0.2) is 0 Å². The molecule has 0 fully saturated rings. The highest BCUT2D eigenvalue weighted by Gasteiger charge is 2.14. The molecule has 2 amide bonds. The van der Waals surface area contributed by atoms with Crippen molar-refractivity contribution < 1.29 is 18.7 Å². The number of hydrogen-bond acceptors (Lipinski definition) is 5. The van der Waals surface area contributed by atoms with Gasteiger partial charge in [0.15, 0.2) is 10.9 Å². The van der Waals surface area contributed by atoms with Crippen LogP contribution in [0.15, 0.2) is 77.2 Å². The van der Waals surface area contributed by atoms with Crippen molar-refractivity contribution >= 4 is 51.5 Å². The first kappa shape index (κ1) is 24.9. The van der Waals surface area contributed by atoms with Gasteiger partial charge in [0.2, 0.25) is 0 Å². The predicted octanol–water partition coefficient (Wildman–Crippen LogP) is 6.30. The fourth-order valence-electron chi connectivity index (χ4n) is 3.52. The van der Waals surface area contributed by atoms with E-state index in [4.69, 9.17) is 21.4 Å². The summed E-state index contributed by atoms with van der Waals surface area (Å²) in [6.07, 6.45) is 0.924. The second-order valence-corrected chi connectivity index (χ2v) is 8.81. The Morgan fingerprint density at radius 3 is 2.53 bits per heavy atom. The first-order valence-electron chi connectivity index (χ1n) is 11.6. The highest BCUT2D eigenvalue weighted by atomic mass is 32.1. The van der Waals surface area contributed by atoms with E-state index in [1.807, 2.05) is 57.2 Å². The first-order valence-corrected chi connectivity index (χ1v) is 12.0. The number of amides is 2. The van der Waals surface area contributed by atoms with E-state index in [0.29, 0.717) is 28.3 Å². The third-order valence-electron chi connectivity index (χ3n) is 5.62. The molecule has 0 saturated carbocycles. The van der Waals surface area contributed by atoms with Crippen LogP contribution in [0.1, 0.15) is 46.7 Å². The molecule has 184 valence electrons. The van der Waals surface area contributed by atoms with E-state index in [9.17, 15) is 9.59 Å². The largest absolute Gasteiger partial charge is 0.491 e. The highest BCUT2D eigenvalue weighted by molar-refractivity contribution is 7.80. The second kappa shape index (κ2) is 11.0. The molecule has 3 N–H and O–H groups in total. The number of fused-ring (bicyclic) bond motifs is 1. The van der Waals surface area contributed by atoms with Crippen molar-refractivity contribution in [2.75, 3.05) is 10.6 Å². The number of carbonyl (C=O) groups excluding carboxylic acids is 2. The minimum Gasteiger partial charge on any atom is -0.491 e. The third kappa shape index (κ3) is 6.09. The van der Waals surface area contributed by atoms with E-state index in [2.05, 4.69) is 16.0 Å². The van der Waals surface area contributed by atoms with E-state index in [1.54, 1.807) is 36.4 Å². The van der Waals surface area contributed by atoms with E-state index in [-0.39, 0.29) is 28.8 Å². The Bertz CT molecular complexity index is 1400. The molecule has 0 saturated heterocycles. The van der Waals surface area contributed by atoms with Crippen molar-refractivity contribution in [2.45, 2.75) is 33.3 Å². The van der Waals surface area contributed by atoms with Crippen molar-refractivity contribution in [1.82, 2.24) is 5.32 Å². The van der Waals surface area contributed by atoms with Crippen LogP contribution in [0, 0.1) is 6.92 Å². The Kier molecular flexibility index (Phi) is 7.65. The number of furan rings is 1. The Balaban J connectivity index is 1.36. The smallest absolute Gasteiger partial charge is 0.291 e. The maximum atomic E-state index is 12.7. The van der Waals surface area contributed by atoms with Crippen molar-refractivity contribution in [1.29, 1.82) is 0 Å². The Hall–Kier alpha value is -4.17. The molecule has 4 aromatic rings. The van der Waals surface area contributed by atoms with Crippen molar-refractivity contribution in [3.63, 3.8) is 0 Å². The SMILES string of the molecule is CC[C@H](C)Oc1cccc(C(=O)NC(=S)Nc2ccc(NC(=O)c3cc4ccccc4o3)c(C)c2)c1. The molecule has 4 rings (SSSR count). The number of nitrogens with one attached hydrogen (secondary N) is 3. The van der Waals surface area contributed by atoms with Crippen molar-refractivity contribution in [2.24, 2.45) is 0 Å². The summed E-state index contributed by atoms with van der Waals surface area (Å²) in [4.78, 5) is 25.3. The average molecular weight is 502 g/mol. The van der Waals surface area contributed by atoms with Gasteiger partial charge in [-0.2, -0.15) is 0 Å². The number of anilines is 2. The Labute approximate surface area is 214 Å². The number of thiocarbonyl (C=S) groups is 1. The van der Waals surface area contributed by atoms with Gasteiger partial charge in [-0.15, -0.1) is 0 Å². The van der Waals surface area contributed by atoms with Gasteiger partial charge in [-0.3, -0.25) is 14.9 Å². The fraction of sp³-hybridized carbons (Fsp3) is 0.179. The molecular formula is C28H27N3O4S. The van der Waals surface area contributed by atoms with Crippen LogP contribution in [0.2, 0.25) is 0 Å². The zero-order valence-corrected chi connectivity index (χ0v) is 21.1. The number of para-hydroxylation sites is 1. The van der Waals surface area contributed by atoms with Gasteiger partial charge in [-0.05, 0) is 86.6 Å². The molecule has 0 aliphatic heterocycles. The molecule has 0 radical (unpaired) electrons. The predicted molar refractivity (Wildman–Crippen MR) is 146 cm³/mol. The lowest BCUT2D eigenvalue weighted by molar-refractivity contribution is 0.0974. The molecule has 7 nitrogen and oxygen atoms in total. The maximum Gasteiger partial charge on any atom is 0.291 e. The first-order chi connectivity index (χ1) is 17.3. The highest BCUT2D eigenvalue weighted by Crippen LogP contribution is 2.23. The lowest BCUT2D eigenvalue weighted by atomic mass is 10.1. The number of ether oxygens (including phenoxy) is 1. The number of hydrogen-bond donors (Lipinski definition) is 3. The summed E-state index contributed by atoms with van der Waals surface area (Å²) in [5.74, 6) is 0.193. The zero-order valence-electron chi connectivity index (χ0n) is 20.3. The topological polar surface area (TPSA) is 92.6 Å². The number of benzene rings is 3. The van der Waals surface area contributed by atoms with Crippen LogP contribution in [-0.4, -0.2) is 23.0 Å². The molecule has 1 aromatic heterocycles. The molecule has 0 bridgehead atoms. The number of aryl methyl sites for hydroxylation is 1. The second-order valence-electron chi connectivity index (χ2n) is 8.41. The summed E-state index contributed by atoms with van der Waals surface area (Å²) in [5.41, 5.74) is 3.23. The number of carbonyl (C=O) groups is 2. The normalized spacial score (nSPS) is 11.5. The van der Waals surface area contributed by atoms with Crippen molar-refractivity contribution in [3.8, 4) is 5.75 Å². The van der Waals surface area contributed by atoms with Gasteiger partial charge >= 0.3 is 0 Å². The van der Waals surface area contributed by atoms with Crippen LogP contribution < -0.4 is 20.7 Å². The summed E-state index contributed by atoms with van der Waals surface area (Å²) >= 11 is 5.32. The van der Waals surface area contributed by atoms with Crippen LogP contribution in [0.3, 0.4) is 0 Å². The quantitative estimate of drug-likeness (QED) is 0.258. The van der Waals surface area contributed by atoms with Gasteiger partial charge < -0.3 is 19.8 Å². The van der Waals surface area contributed by atoms with Crippen LogP contribution in [-0.2, 0) is 0 Å². The lowest BCUT2D eigenvalue weighted by Gasteiger charge is -2.14. The molecule has 1 heterocycles. The van der Waals surface area contributed by atoms with E-state index in [0.717, 1.165) is 17.4 Å². The Morgan fingerprint density at radius 1 is 0.972 bits per heavy atom. The van der Waals surface area contributed by atoms with E-state index >= 15 is 0 Å². The Morgan fingerprint density at radius 2 is 1.78 bits per heavy atom. The van der Waals surface area contributed by atoms with Gasteiger partial charge in [0.1, 0.15) is 11.3 Å². The van der Waals surface area contributed by atoms with E-state index in [1.165, 1.54) is 0 Å². The summed E-state index contributed by atoms with van der Waals surface area (Å²) < 4.78 is 11.4. The molecule has 3 aromatic carbocycles.